The van der Waals surface area contributed by atoms with Crippen molar-refractivity contribution in [1.29, 1.82) is 0 Å². The lowest BCUT2D eigenvalue weighted by molar-refractivity contribution is -0.123. The minimum absolute atomic E-state index is 0.345. The molecular weight excluding hydrogens is 292 g/mol. The maximum atomic E-state index is 10.9. The number of carbonyl (C=O) groups excluding carboxylic acids is 1. The largest absolute Gasteiger partial charge is 0.494 e. The van der Waals surface area contributed by atoms with E-state index in [2.05, 4.69) is 22.8 Å². The second-order valence-electron chi connectivity index (χ2n) is 6.06. The number of aliphatic hydroxyl groups excluding tert-OH is 1. The molecule has 1 atom stereocenters. The SMILES string of the molecule is O=C(CO)NCCCOc1cccc(CC2CCCCCN2)c1. The first kappa shape index (κ1) is 17.8. The summed E-state index contributed by atoms with van der Waals surface area (Å²) in [6.07, 6.45) is 6.94. The topological polar surface area (TPSA) is 70.6 Å². The Hall–Kier alpha value is -1.59. The Labute approximate surface area is 138 Å². The number of amides is 1. The Morgan fingerprint density at radius 2 is 2.26 bits per heavy atom. The third-order valence-corrected chi connectivity index (χ3v) is 4.10. The van der Waals surface area contributed by atoms with Crippen LogP contribution in [0.5, 0.6) is 5.75 Å². The second-order valence-corrected chi connectivity index (χ2v) is 6.06. The van der Waals surface area contributed by atoms with Crippen molar-refractivity contribution in [2.24, 2.45) is 0 Å². The highest BCUT2D eigenvalue weighted by Gasteiger charge is 2.12. The monoisotopic (exact) mass is 320 g/mol. The van der Waals surface area contributed by atoms with Gasteiger partial charge in [-0.15, -0.1) is 0 Å². The Balaban J connectivity index is 1.72. The zero-order valence-corrected chi connectivity index (χ0v) is 13.7. The van der Waals surface area contributed by atoms with Crippen molar-refractivity contribution in [3.8, 4) is 5.75 Å². The van der Waals surface area contributed by atoms with Gasteiger partial charge in [0.05, 0.1) is 6.61 Å². The number of hydrogen-bond acceptors (Lipinski definition) is 4. The lowest BCUT2D eigenvalue weighted by Crippen LogP contribution is -2.30. The van der Waals surface area contributed by atoms with E-state index in [-0.39, 0.29) is 5.91 Å². The first-order chi connectivity index (χ1) is 11.3. The molecular formula is C18H28N2O3. The summed E-state index contributed by atoms with van der Waals surface area (Å²) < 4.78 is 5.74. The Kier molecular flexibility index (Phi) is 7.90. The fourth-order valence-electron chi connectivity index (χ4n) is 2.87. The lowest BCUT2D eigenvalue weighted by atomic mass is 10.0. The maximum Gasteiger partial charge on any atom is 0.245 e. The fraction of sp³-hybridized carbons (Fsp3) is 0.611. The normalized spacial score (nSPS) is 18.2. The predicted molar refractivity (Wildman–Crippen MR) is 90.6 cm³/mol. The van der Waals surface area contributed by atoms with Gasteiger partial charge < -0.3 is 20.5 Å². The van der Waals surface area contributed by atoms with Crippen LogP contribution >= 0.6 is 0 Å². The van der Waals surface area contributed by atoms with Crippen LogP contribution in [0.15, 0.2) is 24.3 Å². The molecule has 1 fully saturated rings. The van der Waals surface area contributed by atoms with Crippen LogP contribution in [0, 0.1) is 0 Å². The molecule has 1 aliphatic heterocycles. The van der Waals surface area contributed by atoms with Crippen LogP contribution in [-0.4, -0.2) is 43.4 Å². The third kappa shape index (κ3) is 7.01. The summed E-state index contributed by atoms with van der Waals surface area (Å²) in [6.45, 7) is 1.74. The number of ether oxygens (including phenoxy) is 1. The van der Waals surface area contributed by atoms with Crippen molar-refractivity contribution in [1.82, 2.24) is 10.6 Å². The van der Waals surface area contributed by atoms with Crippen LogP contribution in [0.1, 0.15) is 37.7 Å². The average Bonchev–Trinajstić information content (AvgIpc) is 2.83. The molecule has 23 heavy (non-hydrogen) atoms. The number of carbonyl (C=O) groups is 1. The van der Waals surface area contributed by atoms with Crippen molar-refractivity contribution < 1.29 is 14.6 Å². The summed E-state index contributed by atoms with van der Waals surface area (Å²) in [5, 5.41) is 14.8. The molecule has 3 N–H and O–H groups in total. The first-order valence-electron chi connectivity index (χ1n) is 8.60. The van der Waals surface area contributed by atoms with Crippen LogP contribution in [0.25, 0.3) is 0 Å². The molecule has 0 aromatic heterocycles. The van der Waals surface area contributed by atoms with Gasteiger partial charge in [-0.25, -0.2) is 0 Å². The van der Waals surface area contributed by atoms with Gasteiger partial charge in [-0.2, -0.15) is 0 Å². The molecule has 0 bridgehead atoms. The zero-order chi connectivity index (χ0) is 16.3. The number of benzene rings is 1. The molecule has 0 spiro atoms. The lowest BCUT2D eigenvalue weighted by Gasteiger charge is -2.16. The Morgan fingerprint density at radius 1 is 1.35 bits per heavy atom. The molecule has 5 heteroatoms. The van der Waals surface area contributed by atoms with E-state index in [1.807, 2.05) is 12.1 Å². The molecule has 5 nitrogen and oxygen atoms in total. The summed E-state index contributed by atoms with van der Waals surface area (Å²) in [7, 11) is 0. The molecule has 0 aliphatic carbocycles. The highest BCUT2D eigenvalue weighted by atomic mass is 16.5. The summed E-state index contributed by atoms with van der Waals surface area (Å²) >= 11 is 0. The summed E-state index contributed by atoms with van der Waals surface area (Å²) in [4.78, 5) is 10.9. The van der Waals surface area contributed by atoms with Gasteiger partial charge in [-0.3, -0.25) is 4.79 Å². The van der Waals surface area contributed by atoms with E-state index < -0.39 is 6.61 Å². The van der Waals surface area contributed by atoms with Gasteiger partial charge in [0.15, 0.2) is 0 Å². The number of aliphatic hydroxyl groups is 1. The molecule has 1 aromatic rings. The van der Waals surface area contributed by atoms with Crippen molar-refractivity contribution in [3.05, 3.63) is 29.8 Å². The average molecular weight is 320 g/mol. The fourth-order valence-corrected chi connectivity index (χ4v) is 2.87. The van der Waals surface area contributed by atoms with Crippen molar-refractivity contribution in [2.75, 3.05) is 26.3 Å². The molecule has 1 unspecified atom stereocenters. The molecule has 1 amide bonds. The summed E-state index contributed by atoms with van der Waals surface area (Å²) in [5.41, 5.74) is 1.30. The minimum atomic E-state index is -0.460. The quantitative estimate of drug-likeness (QED) is 0.637. The molecule has 1 aliphatic rings. The van der Waals surface area contributed by atoms with Crippen LogP contribution in [-0.2, 0) is 11.2 Å². The van der Waals surface area contributed by atoms with E-state index in [0.717, 1.165) is 25.1 Å². The van der Waals surface area contributed by atoms with Gasteiger partial charge in [0.2, 0.25) is 5.91 Å². The minimum Gasteiger partial charge on any atom is -0.494 e. The van der Waals surface area contributed by atoms with Crippen LogP contribution in [0.3, 0.4) is 0 Å². The van der Waals surface area contributed by atoms with Gasteiger partial charge in [0.1, 0.15) is 12.4 Å². The second kappa shape index (κ2) is 10.2. The van der Waals surface area contributed by atoms with E-state index in [9.17, 15) is 4.79 Å². The molecule has 128 valence electrons. The predicted octanol–water partition coefficient (Wildman–Crippen LogP) is 1.64. The molecule has 0 radical (unpaired) electrons. The smallest absolute Gasteiger partial charge is 0.245 e. The van der Waals surface area contributed by atoms with E-state index in [1.165, 1.54) is 31.2 Å². The maximum absolute atomic E-state index is 10.9. The highest BCUT2D eigenvalue weighted by Crippen LogP contribution is 2.18. The molecule has 1 saturated heterocycles. The third-order valence-electron chi connectivity index (χ3n) is 4.10. The summed E-state index contributed by atoms with van der Waals surface area (Å²) in [6, 6.07) is 8.84. The zero-order valence-electron chi connectivity index (χ0n) is 13.7. The van der Waals surface area contributed by atoms with Gasteiger partial charge in [-0.05, 0) is 49.9 Å². The first-order valence-corrected chi connectivity index (χ1v) is 8.60. The number of hydrogen-bond donors (Lipinski definition) is 3. The van der Waals surface area contributed by atoms with Gasteiger partial charge in [-0.1, -0.05) is 25.0 Å². The van der Waals surface area contributed by atoms with E-state index in [0.29, 0.717) is 19.2 Å². The van der Waals surface area contributed by atoms with Gasteiger partial charge in [0, 0.05) is 12.6 Å². The standard InChI is InChI=1S/C18H28N2O3/c21-14-18(22)20-10-5-11-23-17-8-4-6-15(13-17)12-16-7-2-1-3-9-19-16/h4,6,8,13,16,19,21H,1-3,5,7,9-12,14H2,(H,20,22). The molecule has 0 saturated carbocycles. The van der Waals surface area contributed by atoms with Crippen LogP contribution in [0.4, 0.5) is 0 Å². The molecule has 1 heterocycles. The van der Waals surface area contributed by atoms with Crippen LogP contribution < -0.4 is 15.4 Å². The molecule has 1 aromatic carbocycles. The van der Waals surface area contributed by atoms with Gasteiger partial charge >= 0.3 is 0 Å². The van der Waals surface area contributed by atoms with Crippen molar-refractivity contribution in [3.63, 3.8) is 0 Å². The van der Waals surface area contributed by atoms with Crippen LogP contribution in [0.2, 0.25) is 0 Å². The van der Waals surface area contributed by atoms with Crippen molar-refractivity contribution in [2.45, 2.75) is 44.6 Å². The number of nitrogens with one attached hydrogen (secondary N) is 2. The highest BCUT2D eigenvalue weighted by molar-refractivity contribution is 5.76. The van der Waals surface area contributed by atoms with Crippen molar-refractivity contribution >= 4 is 5.91 Å². The Bertz CT molecular complexity index is 471. The van der Waals surface area contributed by atoms with E-state index in [4.69, 9.17) is 9.84 Å². The van der Waals surface area contributed by atoms with Gasteiger partial charge in [0.25, 0.3) is 0 Å². The van der Waals surface area contributed by atoms with E-state index in [1.54, 1.807) is 0 Å². The molecule has 2 rings (SSSR count). The summed E-state index contributed by atoms with van der Waals surface area (Å²) in [5.74, 6) is 0.535. The Morgan fingerprint density at radius 3 is 3.13 bits per heavy atom. The van der Waals surface area contributed by atoms with E-state index >= 15 is 0 Å². The number of rotatable bonds is 8.